The van der Waals surface area contributed by atoms with E-state index in [9.17, 15) is 9.59 Å². The second-order valence-corrected chi connectivity index (χ2v) is 9.57. The Morgan fingerprint density at radius 2 is 1.59 bits per heavy atom. The number of likely N-dealkylation sites (tertiary alicyclic amines) is 1. The lowest BCUT2D eigenvalue weighted by Crippen LogP contribution is -2.55. The zero-order valence-corrected chi connectivity index (χ0v) is 20.3. The van der Waals surface area contributed by atoms with E-state index in [0.717, 1.165) is 62.1 Å². The van der Waals surface area contributed by atoms with Crippen molar-refractivity contribution >= 4 is 11.8 Å². The largest absolute Gasteiger partial charge is 0.457 e. The lowest BCUT2D eigenvalue weighted by Gasteiger charge is -2.35. The van der Waals surface area contributed by atoms with Gasteiger partial charge in [0.25, 0.3) is 0 Å². The molecule has 6 nitrogen and oxygen atoms in total. The number of nitrogens with zero attached hydrogens (tertiary/aromatic N) is 1. The van der Waals surface area contributed by atoms with E-state index < -0.39 is 6.04 Å². The van der Waals surface area contributed by atoms with Crippen LogP contribution < -0.4 is 15.4 Å². The number of hydrogen-bond acceptors (Lipinski definition) is 4. The third-order valence-electron chi connectivity index (χ3n) is 7.29. The third-order valence-corrected chi connectivity index (χ3v) is 7.29. The number of likely N-dealkylation sites (N-methyl/N-ethyl adjacent to an activating group) is 1. The van der Waals surface area contributed by atoms with Crippen LogP contribution in [-0.2, 0) is 9.59 Å². The quantitative estimate of drug-likeness (QED) is 0.589. The molecular weight excluding hydrogens is 426 g/mol. The molecule has 4 rings (SSSR count). The van der Waals surface area contributed by atoms with E-state index in [0.29, 0.717) is 0 Å². The van der Waals surface area contributed by atoms with E-state index in [1.54, 1.807) is 7.05 Å². The minimum atomic E-state index is -0.454. The molecule has 2 N–H and O–H groups in total. The maximum Gasteiger partial charge on any atom is 0.245 e. The third kappa shape index (κ3) is 5.79. The van der Waals surface area contributed by atoms with Crippen molar-refractivity contribution in [3.8, 4) is 11.5 Å². The van der Waals surface area contributed by atoms with Crippen LogP contribution in [0.2, 0.25) is 0 Å². The molecule has 6 heteroatoms. The molecule has 0 aromatic heterocycles. The van der Waals surface area contributed by atoms with Gasteiger partial charge in [-0.15, -0.1) is 0 Å². The summed E-state index contributed by atoms with van der Waals surface area (Å²) in [7, 11) is 1.77. The summed E-state index contributed by atoms with van der Waals surface area (Å²) >= 11 is 0. The highest BCUT2D eigenvalue weighted by molar-refractivity contribution is 5.90. The van der Waals surface area contributed by atoms with Gasteiger partial charge in [0.15, 0.2) is 0 Å². The Kier molecular flexibility index (Phi) is 8.22. The number of ether oxygens (including phenoxy) is 1. The summed E-state index contributed by atoms with van der Waals surface area (Å²) < 4.78 is 5.93. The van der Waals surface area contributed by atoms with Crippen molar-refractivity contribution in [2.24, 2.45) is 5.92 Å². The number of amides is 2. The summed E-state index contributed by atoms with van der Waals surface area (Å²) in [4.78, 5) is 28.6. The van der Waals surface area contributed by atoms with Crippen LogP contribution in [-0.4, -0.2) is 42.4 Å². The number of carbonyl (C=O) groups is 2. The SMILES string of the molecule is CN[C@@H](C)C(=O)N[C@H](C(=O)N1CCC[C@H]1c1ccc(Oc2ccccc2)cc1)C1CCCCC1. The van der Waals surface area contributed by atoms with Gasteiger partial charge in [-0.2, -0.15) is 0 Å². The van der Waals surface area contributed by atoms with Crippen LogP contribution in [0, 0.1) is 5.92 Å². The molecule has 3 atom stereocenters. The predicted molar refractivity (Wildman–Crippen MR) is 134 cm³/mol. The Hall–Kier alpha value is -2.86. The predicted octanol–water partition coefficient (Wildman–Crippen LogP) is 4.82. The molecule has 34 heavy (non-hydrogen) atoms. The van der Waals surface area contributed by atoms with E-state index in [1.165, 1.54) is 6.42 Å². The lowest BCUT2D eigenvalue weighted by molar-refractivity contribution is -0.139. The normalized spacial score (nSPS) is 20.5. The van der Waals surface area contributed by atoms with Crippen molar-refractivity contribution in [2.75, 3.05) is 13.6 Å². The van der Waals surface area contributed by atoms with Crippen LogP contribution in [0.4, 0.5) is 0 Å². The standard InChI is InChI=1S/C28H37N3O3/c1-20(29-2)27(32)30-26(22-10-5-3-6-11-22)28(33)31-19-9-14-25(31)21-15-17-24(18-16-21)34-23-12-7-4-8-13-23/h4,7-8,12-13,15-18,20,22,25-26,29H,3,5-6,9-11,14,19H2,1-2H3,(H,30,32)/t20-,25-,26-/m0/s1. The smallest absolute Gasteiger partial charge is 0.245 e. The van der Waals surface area contributed by atoms with Gasteiger partial charge in [0, 0.05) is 6.54 Å². The molecule has 1 aliphatic heterocycles. The van der Waals surface area contributed by atoms with Gasteiger partial charge in [0.2, 0.25) is 11.8 Å². The Morgan fingerprint density at radius 1 is 0.912 bits per heavy atom. The number of hydrogen-bond donors (Lipinski definition) is 2. The Balaban J connectivity index is 1.49. The molecule has 1 heterocycles. The molecule has 182 valence electrons. The van der Waals surface area contributed by atoms with Gasteiger partial charge < -0.3 is 20.3 Å². The number of carbonyl (C=O) groups excluding carboxylic acids is 2. The van der Waals surface area contributed by atoms with Crippen LogP contribution in [0.5, 0.6) is 11.5 Å². The summed E-state index contributed by atoms with van der Waals surface area (Å²) in [5, 5.41) is 6.10. The lowest BCUT2D eigenvalue weighted by atomic mass is 9.83. The fourth-order valence-electron chi connectivity index (χ4n) is 5.20. The van der Waals surface area contributed by atoms with Crippen molar-refractivity contribution in [1.29, 1.82) is 0 Å². The number of para-hydroxylation sites is 1. The highest BCUT2D eigenvalue weighted by atomic mass is 16.5. The van der Waals surface area contributed by atoms with Gasteiger partial charge in [0.05, 0.1) is 12.1 Å². The number of nitrogens with one attached hydrogen (secondary N) is 2. The summed E-state index contributed by atoms with van der Waals surface area (Å²) in [6, 6.07) is 17.0. The molecule has 2 fully saturated rings. The molecule has 2 aromatic rings. The first kappa shape index (κ1) is 24.3. The summed E-state index contributed by atoms with van der Waals surface area (Å²) in [6.07, 6.45) is 7.35. The van der Waals surface area contributed by atoms with Gasteiger partial charge in [-0.05, 0) is 75.4 Å². The molecule has 0 bridgehead atoms. The maximum atomic E-state index is 13.8. The molecule has 1 saturated carbocycles. The Morgan fingerprint density at radius 3 is 2.26 bits per heavy atom. The van der Waals surface area contributed by atoms with Crippen molar-refractivity contribution in [1.82, 2.24) is 15.5 Å². The summed E-state index contributed by atoms with van der Waals surface area (Å²) in [5.41, 5.74) is 1.11. The highest BCUT2D eigenvalue weighted by Crippen LogP contribution is 2.36. The first-order valence-electron chi connectivity index (χ1n) is 12.7. The van der Waals surface area contributed by atoms with Crippen LogP contribution in [0.25, 0.3) is 0 Å². The minimum absolute atomic E-state index is 0.0305. The van der Waals surface area contributed by atoms with Gasteiger partial charge in [0.1, 0.15) is 17.5 Å². The van der Waals surface area contributed by atoms with Crippen LogP contribution in [0.3, 0.4) is 0 Å². The Bertz CT molecular complexity index is 941. The zero-order chi connectivity index (χ0) is 23.9. The van der Waals surface area contributed by atoms with E-state index >= 15 is 0 Å². The van der Waals surface area contributed by atoms with Crippen LogP contribution in [0.1, 0.15) is 63.5 Å². The molecule has 0 spiro atoms. The first-order chi connectivity index (χ1) is 16.6. The van der Waals surface area contributed by atoms with Gasteiger partial charge >= 0.3 is 0 Å². The van der Waals surface area contributed by atoms with Crippen LogP contribution in [0.15, 0.2) is 54.6 Å². The van der Waals surface area contributed by atoms with Gasteiger partial charge in [-0.3, -0.25) is 9.59 Å². The van der Waals surface area contributed by atoms with Crippen molar-refractivity contribution < 1.29 is 14.3 Å². The van der Waals surface area contributed by atoms with E-state index in [4.69, 9.17) is 4.74 Å². The molecule has 0 unspecified atom stereocenters. The molecular formula is C28H37N3O3. The van der Waals surface area contributed by atoms with E-state index in [2.05, 4.69) is 22.8 Å². The fraction of sp³-hybridized carbons (Fsp3) is 0.500. The molecule has 1 saturated heterocycles. The summed E-state index contributed by atoms with van der Waals surface area (Å²) in [5.74, 6) is 1.74. The molecule has 0 radical (unpaired) electrons. The molecule has 2 aromatic carbocycles. The topological polar surface area (TPSA) is 70.7 Å². The number of benzene rings is 2. The van der Waals surface area contributed by atoms with Crippen molar-refractivity contribution in [2.45, 2.75) is 70.0 Å². The summed E-state index contributed by atoms with van der Waals surface area (Å²) in [6.45, 7) is 2.56. The number of rotatable bonds is 8. The highest BCUT2D eigenvalue weighted by Gasteiger charge is 2.39. The van der Waals surface area contributed by atoms with Gasteiger partial charge in [-0.1, -0.05) is 49.6 Å². The molecule has 2 amide bonds. The van der Waals surface area contributed by atoms with Crippen molar-refractivity contribution in [3.05, 3.63) is 60.2 Å². The molecule has 2 aliphatic rings. The maximum absolute atomic E-state index is 13.8. The molecule has 1 aliphatic carbocycles. The second kappa shape index (κ2) is 11.5. The van der Waals surface area contributed by atoms with Crippen molar-refractivity contribution in [3.63, 3.8) is 0 Å². The zero-order valence-electron chi connectivity index (χ0n) is 20.3. The van der Waals surface area contributed by atoms with Crippen LogP contribution >= 0.6 is 0 Å². The fourth-order valence-corrected chi connectivity index (χ4v) is 5.20. The average molecular weight is 464 g/mol. The average Bonchev–Trinajstić information content (AvgIpc) is 3.38. The van der Waals surface area contributed by atoms with E-state index in [1.807, 2.05) is 54.3 Å². The minimum Gasteiger partial charge on any atom is -0.457 e. The monoisotopic (exact) mass is 463 g/mol. The van der Waals surface area contributed by atoms with Gasteiger partial charge in [-0.25, -0.2) is 0 Å². The van der Waals surface area contributed by atoms with E-state index in [-0.39, 0.29) is 29.8 Å². The first-order valence-corrected chi connectivity index (χ1v) is 12.7. The second-order valence-electron chi connectivity index (χ2n) is 9.57. The Labute approximate surface area is 203 Å².